The van der Waals surface area contributed by atoms with Crippen molar-refractivity contribution in [2.75, 3.05) is 26.2 Å². The Morgan fingerprint density at radius 2 is 1.40 bits per heavy atom. The first kappa shape index (κ1) is 20.9. The molecule has 5 nitrogen and oxygen atoms in total. The number of carbonyl (C=O) groups excluding carboxylic acids is 1. The minimum Gasteiger partial charge on any atom is -0.341 e. The molecule has 1 saturated heterocycles. The minimum atomic E-state index is -3.75. The van der Waals surface area contributed by atoms with Crippen LogP contribution in [0.4, 0.5) is 8.78 Å². The van der Waals surface area contributed by atoms with Crippen molar-refractivity contribution >= 4 is 15.9 Å². The predicted molar refractivity (Wildman–Crippen MR) is 108 cm³/mol. The third-order valence-corrected chi connectivity index (χ3v) is 8.12. The van der Waals surface area contributed by atoms with E-state index in [1.807, 2.05) is 0 Å². The first-order valence-electron chi connectivity index (χ1n) is 10.1. The summed E-state index contributed by atoms with van der Waals surface area (Å²) in [5.74, 6) is -0.841. The van der Waals surface area contributed by atoms with Gasteiger partial charge in [0.25, 0.3) is 0 Å². The van der Waals surface area contributed by atoms with Gasteiger partial charge in [-0.2, -0.15) is 4.31 Å². The number of sulfonamides is 1. The topological polar surface area (TPSA) is 57.7 Å². The largest absolute Gasteiger partial charge is 0.341 e. The van der Waals surface area contributed by atoms with Crippen molar-refractivity contribution in [3.05, 3.63) is 65.7 Å². The minimum absolute atomic E-state index is 0.0126. The normalized spacial score (nSPS) is 19.7. The maximum absolute atomic E-state index is 13.4. The molecule has 2 fully saturated rings. The first-order valence-corrected chi connectivity index (χ1v) is 11.6. The van der Waals surface area contributed by atoms with E-state index >= 15 is 0 Å². The predicted octanol–water partition coefficient (Wildman–Crippen LogP) is 3.31. The van der Waals surface area contributed by atoms with Gasteiger partial charge >= 0.3 is 0 Å². The second kappa shape index (κ2) is 8.07. The fraction of sp³-hybridized carbons (Fsp3) is 0.409. The molecule has 0 N–H and O–H groups in total. The maximum Gasteiger partial charge on any atom is 0.243 e. The molecule has 1 aliphatic heterocycles. The molecule has 1 heterocycles. The average Bonchev–Trinajstić information content (AvgIpc) is 2.95. The van der Waals surface area contributed by atoms with Gasteiger partial charge in [-0.15, -0.1) is 0 Å². The summed E-state index contributed by atoms with van der Waals surface area (Å²) in [5.41, 5.74) is 0.179. The summed E-state index contributed by atoms with van der Waals surface area (Å²) in [4.78, 5) is 15.2. The van der Waals surface area contributed by atoms with Gasteiger partial charge < -0.3 is 4.90 Å². The number of nitrogens with zero attached hydrogens (tertiary/aromatic N) is 2. The molecule has 8 heteroatoms. The summed E-state index contributed by atoms with van der Waals surface area (Å²) in [6.07, 6.45) is 2.88. The highest BCUT2D eigenvalue weighted by atomic mass is 32.2. The fourth-order valence-electron chi connectivity index (χ4n) is 4.32. The third kappa shape index (κ3) is 3.74. The highest BCUT2D eigenvalue weighted by Crippen LogP contribution is 2.45. The summed E-state index contributed by atoms with van der Waals surface area (Å²) in [6, 6.07) is 10.9. The maximum atomic E-state index is 13.4. The molecule has 2 aliphatic rings. The van der Waals surface area contributed by atoms with Crippen molar-refractivity contribution in [2.24, 2.45) is 0 Å². The van der Waals surface area contributed by atoms with E-state index in [9.17, 15) is 22.0 Å². The first-order chi connectivity index (χ1) is 14.3. The Morgan fingerprint density at radius 1 is 0.800 bits per heavy atom. The number of halogens is 2. The molecule has 0 unspecified atom stereocenters. The highest BCUT2D eigenvalue weighted by Gasteiger charge is 2.48. The van der Waals surface area contributed by atoms with Gasteiger partial charge in [0.1, 0.15) is 11.6 Å². The average molecular weight is 435 g/mol. The fourth-order valence-corrected chi connectivity index (χ4v) is 5.79. The molecule has 1 saturated carbocycles. The van der Waals surface area contributed by atoms with E-state index in [1.54, 1.807) is 17.0 Å². The summed E-state index contributed by atoms with van der Waals surface area (Å²) in [6.45, 7) is 1.25. The molecular weight excluding hydrogens is 410 g/mol. The lowest BCUT2D eigenvalue weighted by molar-refractivity contribution is -0.140. The molecule has 2 aromatic carbocycles. The van der Waals surface area contributed by atoms with Gasteiger partial charge in [-0.1, -0.05) is 18.6 Å². The molecular formula is C22H24F2N2O3S. The lowest BCUT2D eigenvalue weighted by Crippen LogP contribution is -2.52. The van der Waals surface area contributed by atoms with Gasteiger partial charge in [-0.3, -0.25) is 4.79 Å². The highest BCUT2D eigenvalue weighted by molar-refractivity contribution is 7.89. The van der Waals surface area contributed by atoms with Crippen molar-refractivity contribution < 1.29 is 22.0 Å². The monoisotopic (exact) mass is 434 g/mol. The number of rotatable bonds is 4. The molecule has 30 heavy (non-hydrogen) atoms. The van der Waals surface area contributed by atoms with Gasteiger partial charge in [0, 0.05) is 26.2 Å². The van der Waals surface area contributed by atoms with Gasteiger partial charge in [0.15, 0.2) is 0 Å². The summed E-state index contributed by atoms with van der Waals surface area (Å²) in [7, 11) is -3.75. The molecule has 2 aromatic rings. The van der Waals surface area contributed by atoms with E-state index in [4.69, 9.17) is 0 Å². The molecule has 0 atom stereocenters. The smallest absolute Gasteiger partial charge is 0.243 e. The number of hydrogen-bond acceptors (Lipinski definition) is 3. The molecule has 1 amide bonds. The molecule has 0 radical (unpaired) electrons. The van der Waals surface area contributed by atoms with E-state index in [0.717, 1.165) is 24.1 Å². The van der Waals surface area contributed by atoms with Crippen molar-refractivity contribution in [3.8, 4) is 0 Å². The second-order valence-electron chi connectivity index (χ2n) is 7.95. The molecule has 4 rings (SSSR count). The van der Waals surface area contributed by atoms with Crippen LogP contribution in [0.15, 0.2) is 53.4 Å². The van der Waals surface area contributed by atoms with Gasteiger partial charge in [-0.25, -0.2) is 17.2 Å². The molecule has 0 bridgehead atoms. The zero-order valence-corrected chi connectivity index (χ0v) is 17.4. The van der Waals surface area contributed by atoms with Crippen molar-refractivity contribution in [1.82, 2.24) is 9.21 Å². The van der Waals surface area contributed by atoms with E-state index in [0.29, 0.717) is 38.9 Å². The SMILES string of the molecule is O=C(N1CCCN(S(=O)(=O)c2ccc(F)cc2)CC1)C1(c2ccc(F)cc2)CCC1. The van der Waals surface area contributed by atoms with E-state index < -0.39 is 21.3 Å². The van der Waals surface area contributed by atoms with Crippen molar-refractivity contribution in [3.63, 3.8) is 0 Å². The van der Waals surface area contributed by atoms with Crippen LogP contribution in [0.2, 0.25) is 0 Å². The van der Waals surface area contributed by atoms with Crippen molar-refractivity contribution in [2.45, 2.75) is 36.0 Å². The van der Waals surface area contributed by atoms with Gasteiger partial charge in [0.05, 0.1) is 10.3 Å². The molecule has 160 valence electrons. The van der Waals surface area contributed by atoms with Crippen LogP contribution in [0.1, 0.15) is 31.2 Å². The zero-order chi connectivity index (χ0) is 21.4. The van der Waals surface area contributed by atoms with Crippen molar-refractivity contribution in [1.29, 1.82) is 0 Å². The second-order valence-corrected chi connectivity index (χ2v) is 9.88. The lowest BCUT2D eigenvalue weighted by atomic mass is 9.63. The Morgan fingerprint density at radius 3 is 1.97 bits per heavy atom. The van der Waals surface area contributed by atoms with Crippen LogP contribution in [0.25, 0.3) is 0 Å². The zero-order valence-electron chi connectivity index (χ0n) is 16.6. The van der Waals surface area contributed by atoms with Crippen LogP contribution in [0, 0.1) is 11.6 Å². The van der Waals surface area contributed by atoms with E-state index in [2.05, 4.69) is 0 Å². The van der Waals surface area contributed by atoms with Gasteiger partial charge in [0.2, 0.25) is 15.9 Å². The summed E-state index contributed by atoms with van der Waals surface area (Å²) in [5, 5.41) is 0. The van der Waals surface area contributed by atoms with Crippen LogP contribution in [0.5, 0.6) is 0 Å². The van der Waals surface area contributed by atoms with Crippen LogP contribution in [-0.4, -0.2) is 49.7 Å². The standard InChI is InChI=1S/C22H24F2N2O3S/c23-18-5-3-17(4-6-18)22(11-1-12-22)21(27)25-13-2-14-26(16-15-25)30(28,29)20-9-7-19(24)8-10-20/h3-10H,1-2,11-16H2. The molecule has 0 spiro atoms. The Bertz CT molecular complexity index is 1020. The number of benzene rings is 2. The van der Waals surface area contributed by atoms with Gasteiger partial charge in [-0.05, 0) is 61.2 Å². The lowest BCUT2D eigenvalue weighted by Gasteiger charge is -2.44. The number of amides is 1. The quantitative estimate of drug-likeness (QED) is 0.742. The molecule has 1 aliphatic carbocycles. The van der Waals surface area contributed by atoms with E-state index in [1.165, 1.54) is 28.6 Å². The third-order valence-electron chi connectivity index (χ3n) is 6.21. The Labute approximate surface area is 175 Å². The van der Waals surface area contributed by atoms with Crippen LogP contribution >= 0.6 is 0 Å². The molecule has 0 aromatic heterocycles. The van der Waals surface area contributed by atoms with Crippen LogP contribution in [0.3, 0.4) is 0 Å². The Hall–Kier alpha value is -2.32. The Balaban J connectivity index is 1.50. The van der Waals surface area contributed by atoms with E-state index in [-0.39, 0.29) is 23.2 Å². The number of carbonyl (C=O) groups is 1. The van der Waals surface area contributed by atoms with Crippen LogP contribution < -0.4 is 0 Å². The number of hydrogen-bond donors (Lipinski definition) is 0. The van der Waals surface area contributed by atoms with Crippen LogP contribution in [-0.2, 0) is 20.2 Å². The summed E-state index contributed by atoms with van der Waals surface area (Å²) >= 11 is 0. The Kier molecular flexibility index (Phi) is 5.63. The summed E-state index contributed by atoms with van der Waals surface area (Å²) < 4.78 is 53.7.